The fourth-order valence-corrected chi connectivity index (χ4v) is 4.68. The zero-order valence-corrected chi connectivity index (χ0v) is 17.2. The van der Waals surface area contributed by atoms with Crippen LogP contribution in [0.2, 0.25) is 0 Å². The van der Waals surface area contributed by atoms with Crippen LogP contribution in [0, 0.1) is 0 Å². The Morgan fingerprint density at radius 1 is 1.25 bits per heavy atom. The molecule has 1 atom stereocenters. The fraction of sp³-hybridized carbons (Fsp3) is 0.389. The van der Waals surface area contributed by atoms with E-state index in [0.717, 1.165) is 18.4 Å². The summed E-state index contributed by atoms with van der Waals surface area (Å²) in [6.45, 7) is 1.82. The molecule has 0 radical (unpaired) electrons. The number of hydrogen-bond acceptors (Lipinski definition) is 7. The molecule has 0 unspecified atom stereocenters. The second-order valence-electron chi connectivity index (χ2n) is 6.18. The Kier molecular flexibility index (Phi) is 6.63. The molecule has 4 amide bonds. The molecule has 1 fully saturated rings. The van der Waals surface area contributed by atoms with Crippen molar-refractivity contribution in [2.45, 2.75) is 41.8 Å². The quantitative estimate of drug-likeness (QED) is 0.528. The molecule has 28 heavy (non-hydrogen) atoms. The van der Waals surface area contributed by atoms with Crippen molar-refractivity contribution >= 4 is 46.1 Å². The Morgan fingerprint density at radius 2 is 1.96 bits per heavy atom. The van der Waals surface area contributed by atoms with Crippen molar-refractivity contribution in [1.29, 1.82) is 0 Å². The van der Waals surface area contributed by atoms with E-state index in [0.29, 0.717) is 15.9 Å². The molecule has 8 nitrogen and oxygen atoms in total. The summed E-state index contributed by atoms with van der Waals surface area (Å²) in [6, 6.07) is 8.78. The molecule has 0 spiro atoms. The van der Waals surface area contributed by atoms with Gasteiger partial charge >= 0.3 is 6.03 Å². The molecular formula is C18H21N5O3S2. The summed E-state index contributed by atoms with van der Waals surface area (Å²) in [5.41, 5.74) is 0.745. The zero-order chi connectivity index (χ0) is 20.1. The Hall–Kier alpha value is -2.46. The molecule has 0 bridgehead atoms. The van der Waals surface area contributed by atoms with E-state index in [-0.39, 0.29) is 11.9 Å². The predicted molar refractivity (Wildman–Crippen MR) is 108 cm³/mol. The van der Waals surface area contributed by atoms with Gasteiger partial charge in [0, 0.05) is 19.5 Å². The van der Waals surface area contributed by atoms with Crippen LogP contribution < -0.4 is 15.5 Å². The number of anilines is 1. The lowest BCUT2D eigenvalue weighted by Gasteiger charge is -2.17. The molecule has 1 heterocycles. The Morgan fingerprint density at radius 3 is 2.57 bits per heavy atom. The summed E-state index contributed by atoms with van der Waals surface area (Å²) in [5.74, 6) is -0.428. The van der Waals surface area contributed by atoms with Gasteiger partial charge in [-0.05, 0) is 18.4 Å². The monoisotopic (exact) mass is 419 g/mol. The van der Waals surface area contributed by atoms with Crippen molar-refractivity contribution in [3.8, 4) is 0 Å². The first kappa shape index (κ1) is 20.3. The second-order valence-corrected chi connectivity index (χ2v) is 8.48. The summed E-state index contributed by atoms with van der Waals surface area (Å²) in [5, 5.41) is 12.9. The molecule has 0 saturated heterocycles. The molecule has 1 aromatic heterocycles. The van der Waals surface area contributed by atoms with Crippen LogP contribution in [0.4, 0.5) is 9.93 Å². The van der Waals surface area contributed by atoms with Crippen LogP contribution in [0.3, 0.4) is 0 Å². The number of urea groups is 1. The molecule has 1 aliphatic carbocycles. The molecule has 1 saturated carbocycles. The van der Waals surface area contributed by atoms with Gasteiger partial charge in [0.25, 0.3) is 0 Å². The highest BCUT2D eigenvalue weighted by Crippen LogP contribution is 2.41. The van der Waals surface area contributed by atoms with Gasteiger partial charge in [-0.2, -0.15) is 0 Å². The Balaban J connectivity index is 1.81. The lowest BCUT2D eigenvalue weighted by atomic mass is 10.1. The Bertz CT molecular complexity index is 854. The van der Waals surface area contributed by atoms with E-state index in [4.69, 9.17) is 0 Å². The smallest absolute Gasteiger partial charge is 0.321 e. The third-order valence-electron chi connectivity index (χ3n) is 4.11. The molecular weight excluding hydrogens is 398 g/mol. The number of carbonyl (C=O) groups is 3. The number of nitrogens with one attached hydrogen (secondary N) is 2. The first-order valence-electron chi connectivity index (χ1n) is 8.93. The van der Waals surface area contributed by atoms with Crippen molar-refractivity contribution in [2.24, 2.45) is 0 Å². The van der Waals surface area contributed by atoms with Crippen molar-refractivity contribution < 1.29 is 14.4 Å². The molecule has 1 aromatic carbocycles. The van der Waals surface area contributed by atoms with E-state index in [1.807, 2.05) is 37.3 Å². The van der Waals surface area contributed by atoms with Gasteiger partial charge in [-0.15, -0.1) is 10.2 Å². The van der Waals surface area contributed by atoms with Crippen molar-refractivity contribution in [3.05, 3.63) is 35.9 Å². The Labute approximate surface area is 171 Å². The van der Waals surface area contributed by atoms with E-state index in [1.165, 1.54) is 30.1 Å². The maximum atomic E-state index is 12.6. The summed E-state index contributed by atoms with van der Waals surface area (Å²) < 4.78 is 0.561. The van der Waals surface area contributed by atoms with Crippen LogP contribution in [0.15, 0.2) is 34.7 Å². The van der Waals surface area contributed by atoms with E-state index < -0.39 is 17.2 Å². The number of benzene rings is 1. The minimum absolute atomic E-state index is 0.0205. The molecule has 0 aliphatic heterocycles. The number of imide groups is 1. The van der Waals surface area contributed by atoms with Crippen LogP contribution in [0.25, 0.3) is 0 Å². The molecule has 10 heteroatoms. The first-order chi connectivity index (χ1) is 13.5. The highest BCUT2D eigenvalue weighted by atomic mass is 32.2. The van der Waals surface area contributed by atoms with Crippen LogP contribution in [-0.4, -0.2) is 41.1 Å². The van der Waals surface area contributed by atoms with Gasteiger partial charge in [0.15, 0.2) is 4.34 Å². The van der Waals surface area contributed by atoms with Crippen LogP contribution in [0.5, 0.6) is 0 Å². The predicted octanol–water partition coefficient (Wildman–Crippen LogP) is 2.73. The first-order valence-corrected chi connectivity index (χ1v) is 10.6. The van der Waals surface area contributed by atoms with E-state index >= 15 is 0 Å². The van der Waals surface area contributed by atoms with Gasteiger partial charge in [-0.1, -0.05) is 60.4 Å². The number of thioether (sulfide) groups is 1. The van der Waals surface area contributed by atoms with Crippen molar-refractivity contribution in [1.82, 2.24) is 20.8 Å². The highest BCUT2D eigenvalue weighted by Gasteiger charge is 2.35. The average molecular weight is 420 g/mol. The molecule has 2 N–H and O–H groups in total. The van der Waals surface area contributed by atoms with E-state index in [1.54, 1.807) is 4.90 Å². The standard InChI is InChI=1S/C18H21N5O3S2/c1-3-13(24)23(12-9-10-12)17-21-22-18(28-17)27-14(11-7-5-4-6-8-11)15(25)20-16(26)19-2/h4-8,12,14H,3,9-10H2,1-2H3,(H2,19,20,25,26)/t14-/m1/s1. The lowest BCUT2D eigenvalue weighted by molar-refractivity contribution is -0.120. The summed E-state index contributed by atoms with van der Waals surface area (Å²) in [7, 11) is 1.45. The van der Waals surface area contributed by atoms with E-state index in [9.17, 15) is 14.4 Å². The zero-order valence-electron chi connectivity index (χ0n) is 15.5. The minimum atomic E-state index is -0.671. The third-order valence-corrected chi connectivity index (χ3v) is 6.37. The van der Waals surface area contributed by atoms with Crippen molar-refractivity contribution in [2.75, 3.05) is 11.9 Å². The van der Waals surface area contributed by atoms with Gasteiger partial charge in [0.1, 0.15) is 5.25 Å². The second kappa shape index (κ2) is 9.16. The summed E-state index contributed by atoms with van der Waals surface area (Å²) in [4.78, 5) is 38.2. The normalized spacial score (nSPS) is 14.2. The maximum Gasteiger partial charge on any atom is 0.321 e. The average Bonchev–Trinajstić information content (AvgIpc) is 3.44. The summed E-state index contributed by atoms with van der Waals surface area (Å²) >= 11 is 2.49. The van der Waals surface area contributed by atoms with Crippen LogP contribution >= 0.6 is 23.1 Å². The van der Waals surface area contributed by atoms with Crippen LogP contribution in [-0.2, 0) is 9.59 Å². The number of rotatable bonds is 7. The number of hydrogen-bond donors (Lipinski definition) is 2. The van der Waals surface area contributed by atoms with Crippen molar-refractivity contribution in [3.63, 3.8) is 0 Å². The SMILES string of the molecule is CCC(=O)N(c1nnc(S[C@@H](C(=O)NC(=O)NC)c2ccccc2)s1)C1CC1. The fourth-order valence-electron chi connectivity index (χ4n) is 2.56. The van der Waals surface area contributed by atoms with Gasteiger partial charge < -0.3 is 5.32 Å². The molecule has 3 rings (SSSR count). The number of nitrogens with zero attached hydrogens (tertiary/aromatic N) is 3. The van der Waals surface area contributed by atoms with E-state index in [2.05, 4.69) is 20.8 Å². The third kappa shape index (κ3) is 4.87. The maximum absolute atomic E-state index is 12.6. The number of amides is 4. The largest absolute Gasteiger partial charge is 0.341 e. The van der Waals surface area contributed by atoms with Gasteiger partial charge in [0.2, 0.25) is 16.9 Å². The lowest BCUT2D eigenvalue weighted by Crippen LogP contribution is -2.39. The number of aromatic nitrogens is 2. The van der Waals surface area contributed by atoms with Gasteiger partial charge in [-0.25, -0.2) is 4.79 Å². The van der Waals surface area contributed by atoms with Crippen LogP contribution in [0.1, 0.15) is 37.0 Å². The minimum Gasteiger partial charge on any atom is -0.341 e. The molecule has 2 aromatic rings. The molecule has 1 aliphatic rings. The number of carbonyl (C=O) groups excluding carboxylic acids is 3. The highest BCUT2D eigenvalue weighted by molar-refractivity contribution is 8.01. The van der Waals surface area contributed by atoms with Gasteiger partial charge in [-0.3, -0.25) is 19.8 Å². The topological polar surface area (TPSA) is 104 Å². The summed E-state index contributed by atoms with van der Waals surface area (Å²) in [6.07, 6.45) is 2.34. The van der Waals surface area contributed by atoms with Gasteiger partial charge in [0.05, 0.1) is 0 Å². The molecule has 148 valence electrons.